The monoisotopic (exact) mass is 314 g/mol. The molecule has 0 amide bonds. The Balaban J connectivity index is 2.47. The average Bonchev–Trinajstić information content (AvgIpc) is 2.94. The largest absolute Gasteiger partial charge is 0.496 e. The van der Waals surface area contributed by atoms with E-state index in [1.807, 2.05) is 6.07 Å². The van der Waals surface area contributed by atoms with Gasteiger partial charge in [0.05, 0.1) is 26.9 Å². The van der Waals surface area contributed by atoms with E-state index < -0.39 is 0 Å². The number of aromatic nitrogens is 2. The first kappa shape index (κ1) is 14.9. The van der Waals surface area contributed by atoms with Crippen molar-refractivity contribution >= 4 is 22.9 Å². The summed E-state index contributed by atoms with van der Waals surface area (Å²) in [6, 6.07) is 3.61. The fourth-order valence-corrected chi connectivity index (χ4v) is 2.89. The number of rotatable bonds is 6. The average molecular weight is 315 g/mol. The van der Waals surface area contributed by atoms with Gasteiger partial charge >= 0.3 is 0 Å². The minimum Gasteiger partial charge on any atom is -0.496 e. The molecule has 0 fully saturated rings. The highest BCUT2D eigenvalue weighted by Gasteiger charge is 2.16. The number of benzene rings is 1. The Morgan fingerprint density at radius 3 is 2.25 bits per heavy atom. The summed E-state index contributed by atoms with van der Waals surface area (Å²) < 4.78 is 16.0. The van der Waals surface area contributed by atoms with E-state index in [-0.39, 0.29) is 0 Å². The van der Waals surface area contributed by atoms with Crippen molar-refractivity contribution in [2.24, 2.45) is 0 Å². The van der Waals surface area contributed by atoms with Crippen LogP contribution in [0.25, 0.3) is 10.6 Å². The van der Waals surface area contributed by atoms with E-state index in [4.69, 9.17) is 25.8 Å². The summed E-state index contributed by atoms with van der Waals surface area (Å²) in [6.07, 6.45) is 0.703. The van der Waals surface area contributed by atoms with Crippen LogP contribution in [-0.2, 0) is 6.42 Å². The summed E-state index contributed by atoms with van der Waals surface area (Å²) in [4.78, 5) is 0. The second kappa shape index (κ2) is 6.76. The Hall–Kier alpha value is -1.53. The lowest BCUT2D eigenvalue weighted by Gasteiger charge is -2.12. The van der Waals surface area contributed by atoms with Gasteiger partial charge in [-0.3, -0.25) is 0 Å². The van der Waals surface area contributed by atoms with Crippen LogP contribution in [0, 0.1) is 0 Å². The van der Waals surface area contributed by atoms with Crippen LogP contribution in [0.3, 0.4) is 0 Å². The van der Waals surface area contributed by atoms with Gasteiger partial charge in [-0.05, 0) is 6.07 Å². The van der Waals surface area contributed by atoms with Crippen LogP contribution in [0.4, 0.5) is 0 Å². The van der Waals surface area contributed by atoms with Gasteiger partial charge in [0.15, 0.2) is 16.5 Å². The van der Waals surface area contributed by atoms with Crippen LogP contribution in [0.1, 0.15) is 5.01 Å². The molecule has 0 atom stereocenters. The van der Waals surface area contributed by atoms with Crippen molar-refractivity contribution in [2.45, 2.75) is 6.42 Å². The highest BCUT2D eigenvalue weighted by molar-refractivity contribution is 7.14. The topological polar surface area (TPSA) is 53.5 Å². The van der Waals surface area contributed by atoms with Gasteiger partial charge in [0, 0.05) is 18.4 Å². The molecule has 108 valence electrons. The molecule has 5 nitrogen and oxygen atoms in total. The van der Waals surface area contributed by atoms with Gasteiger partial charge in [-0.15, -0.1) is 21.8 Å². The first-order chi connectivity index (χ1) is 9.73. The number of methoxy groups -OCH3 is 3. The molecule has 0 aliphatic carbocycles. The maximum atomic E-state index is 5.71. The molecule has 2 aromatic rings. The van der Waals surface area contributed by atoms with Crippen molar-refractivity contribution in [3.63, 3.8) is 0 Å². The van der Waals surface area contributed by atoms with E-state index in [1.165, 1.54) is 11.3 Å². The molecule has 0 bridgehead atoms. The predicted molar refractivity (Wildman–Crippen MR) is 79.4 cm³/mol. The number of halogens is 1. The maximum absolute atomic E-state index is 5.71. The number of aryl methyl sites for hydroxylation is 1. The second-order valence-corrected chi connectivity index (χ2v) is 5.29. The normalized spacial score (nSPS) is 10.4. The molecule has 0 saturated heterocycles. The first-order valence-corrected chi connectivity index (χ1v) is 7.27. The van der Waals surface area contributed by atoms with E-state index in [0.717, 1.165) is 15.6 Å². The van der Waals surface area contributed by atoms with E-state index in [0.29, 0.717) is 29.5 Å². The van der Waals surface area contributed by atoms with Crippen LogP contribution in [0.5, 0.6) is 17.2 Å². The fourth-order valence-electron chi connectivity index (χ4n) is 1.74. The summed E-state index contributed by atoms with van der Waals surface area (Å²) in [5, 5.41) is 9.95. The quantitative estimate of drug-likeness (QED) is 0.767. The Labute approximate surface area is 126 Å². The van der Waals surface area contributed by atoms with Crippen molar-refractivity contribution in [2.75, 3.05) is 27.2 Å². The molecule has 0 unspecified atom stereocenters. The Bertz CT molecular complexity index is 589. The lowest BCUT2D eigenvalue weighted by molar-refractivity contribution is 0.349. The summed E-state index contributed by atoms with van der Waals surface area (Å²) in [6.45, 7) is 0. The van der Waals surface area contributed by atoms with Gasteiger partial charge in [-0.1, -0.05) is 11.3 Å². The molecule has 7 heteroatoms. The van der Waals surface area contributed by atoms with Crippen molar-refractivity contribution in [3.05, 3.63) is 17.1 Å². The Morgan fingerprint density at radius 1 is 1.00 bits per heavy atom. The zero-order valence-electron chi connectivity index (χ0n) is 11.5. The van der Waals surface area contributed by atoms with Gasteiger partial charge in [0.25, 0.3) is 0 Å². The molecule has 0 aliphatic heterocycles. The Morgan fingerprint density at radius 2 is 1.65 bits per heavy atom. The van der Waals surface area contributed by atoms with Crippen LogP contribution in [-0.4, -0.2) is 37.4 Å². The maximum Gasteiger partial charge on any atom is 0.164 e. The molecule has 0 spiro atoms. The minimum atomic E-state index is 0.525. The standard InChI is InChI=1S/C13H15ClN2O3S/c1-17-9-7-11(19-3)10(18-2)6-8(9)13-16-15-12(20-13)4-5-14/h6-7H,4-5H2,1-3H3. The van der Waals surface area contributed by atoms with Crippen LogP contribution >= 0.6 is 22.9 Å². The van der Waals surface area contributed by atoms with Gasteiger partial charge in [0.1, 0.15) is 10.8 Å². The van der Waals surface area contributed by atoms with Crippen molar-refractivity contribution < 1.29 is 14.2 Å². The third-order valence-electron chi connectivity index (χ3n) is 2.71. The van der Waals surface area contributed by atoms with Gasteiger partial charge in [-0.25, -0.2) is 0 Å². The number of nitrogens with zero attached hydrogens (tertiary/aromatic N) is 2. The third-order valence-corrected chi connectivity index (χ3v) is 3.92. The summed E-state index contributed by atoms with van der Waals surface area (Å²) in [5.74, 6) is 2.42. The minimum absolute atomic E-state index is 0.525. The summed E-state index contributed by atoms with van der Waals surface area (Å²) in [5.41, 5.74) is 0.823. The molecule has 0 aliphatic rings. The van der Waals surface area contributed by atoms with E-state index in [1.54, 1.807) is 27.4 Å². The molecule has 1 heterocycles. The second-order valence-electron chi connectivity index (χ2n) is 3.85. The molecular weight excluding hydrogens is 300 g/mol. The Kier molecular flexibility index (Phi) is 5.03. The van der Waals surface area contributed by atoms with E-state index >= 15 is 0 Å². The zero-order chi connectivity index (χ0) is 14.5. The highest BCUT2D eigenvalue weighted by atomic mass is 35.5. The lowest BCUT2D eigenvalue weighted by atomic mass is 10.2. The van der Waals surface area contributed by atoms with Crippen molar-refractivity contribution in [1.82, 2.24) is 10.2 Å². The number of hydrogen-bond donors (Lipinski definition) is 0. The number of hydrogen-bond acceptors (Lipinski definition) is 6. The third kappa shape index (κ3) is 2.96. The zero-order valence-corrected chi connectivity index (χ0v) is 13.0. The highest BCUT2D eigenvalue weighted by Crippen LogP contribution is 2.40. The van der Waals surface area contributed by atoms with E-state index in [2.05, 4.69) is 10.2 Å². The SMILES string of the molecule is COc1cc(OC)c(-c2nnc(CCCl)s2)cc1OC. The molecule has 1 aromatic carbocycles. The molecule has 0 radical (unpaired) electrons. The summed E-state index contributed by atoms with van der Waals surface area (Å²) >= 11 is 7.20. The molecule has 20 heavy (non-hydrogen) atoms. The smallest absolute Gasteiger partial charge is 0.164 e. The van der Waals surface area contributed by atoms with Crippen molar-refractivity contribution in [3.8, 4) is 27.8 Å². The molecule has 2 rings (SSSR count). The van der Waals surface area contributed by atoms with Gasteiger partial charge < -0.3 is 14.2 Å². The lowest BCUT2D eigenvalue weighted by Crippen LogP contribution is -1.94. The first-order valence-electron chi connectivity index (χ1n) is 5.92. The van der Waals surface area contributed by atoms with Crippen LogP contribution in [0.15, 0.2) is 12.1 Å². The fraction of sp³-hybridized carbons (Fsp3) is 0.385. The van der Waals surface area contributed by atoms with Gasteiger partial charge in [-0.2, -0.15) is 0 Å². The van der Waals surface area contributed by atoms with Crippen LogP contribution in [0.2, 0.25) is 0 Å². The molecular formula is C13H15ClN2O3S. The van der Waals surface area contributed by atoms with Gasteiger partial charge in [0.2, 0.25) is 0 Å². The van der Waals surface area contributed by atoms with E-state index in [9.17, 15) is 0 Å². The molecule has 0 N–H and O–H groups in total. The predicted octanol–water partition coefficient (Wildman–Crippen LogP) is 3.01. The van der Waals surface area contributed by atoms with Crippen molar-refractivity contribution in [1.29, 1.82) is 0 Å². The summed E-state index contributed by atoms with van der Waals surface area (Å²) in [7, 11) is 4.78. The molecule has 0 saturated carbocycles. The van der Waals surface area contributed by atoms with Crippen LogP contribution < -0.4 is 14.2 Å². The number of alkyl halides is 1. The number of ether oxygens (including phenoxy) is 3. The molecule has 1 aromatic heterocycles.